The molecule has 1 aromatic carbocycles. The average molecular weight is 230 g/mol. The van der Waals surface area contributed by atoms with Crippen LogP contribution in [0.15, 0.2) is 12.1 Å². The molecule has 0 aliphatic carbocycles. The van der Waals surface area contributed by atoms with Crippen LogP contribution >= 0.6 is 0 Å². The Balaban J connectivity index is 2.08. The fourth-order valence-electron chi connectivity index (χ4n) is 3.23. The number of carbonyl (C=O) groups is 1. The number of carbonyl (C=O) groups excluding carboxylic acids is 1. The predicted molar refractivity (Wildman–Crippen MR) is 68.8 cm³/mol. The fraction of sp³-hybridized carbons (Fsp3) is 0.500. The first kappa shape index (κ1) is 10.8. The van der Waals surface area contributed by atoms with Gasteiger partial charge in [-0.1, -0.05) is 12.1 Å². The molecule has 1 spiro atoms. The summed E-state index contributed by atoms with van der Waals surface area (Å²) in [6.45, 7) is 5.24. The predicted octanol–water partition coefficient (Wildman–Crippen LogP) is 1.85. The van der Waals surface area contributed by atoms with Crippen molar-refractivity contribution in [1.82, 2.24) is 5.32 Å². The standard InChI is InChI=1S/C14H18N2O/c1-10-11(8-17)2-3-12-13(10)16-9-14(12)4-6-15-7-5-14/h2-3,8,15-16H,4-7,9H2,1H3. The van der Waals surface area contributed by atoms with E-state index in [2.05, 4.69) is 16.7 Å². The second-order valence-electron chi connectivity index (χ2n) is 5.20. The molecule has 0 aromatic heterocycles. The second kappa shape index (κ2) is 3.84. The molecule has 1 aromatic rings. The molecular formula is C14H18N2O. The van der Waals surface area contributed by atoms with Crippen molar-refractivity contribution in [2.75, 3.05) is 25.0 Å². The molecule has 0 saturated carbocycles. The van der Waals surface area contributed by atoms with E-state index < -0.39 is 0 Å². The van der Waals surface area contributed by atoms with Crippen molar-refractivity contribution in [2.24, 2.45) is 0 Å². The Morgan fingerprint density at radius 1 is 1.29 bits per heavy atom. The van der Waals surface area contributed by atoms with Crippen LogP contribution in [0.25, 0.3) is 0 Å². The summed E-state index contributed by atoms with van der Waals surface area (Å²) in [6.07, 6.45) is 3.32. The Labute approximate surface area is 102 Å². The molecule has 0 radical (unpaired) electrons. The minimum atomic E-state index is 0.298. The summed E-state index contributed by atoms with van der Waals surface area (Å²) in [6, 6.07) is 4.12. The maximum absolute atomic E-state index is 11.0. The zero-order chi connectivity index (χ0) is 11.9. The highest BCUT2D eigenvalue weighted by Gasteiger charge is 2.40. The van der Waals surface area contributed by atoms with Gasteiger partial charge in [-0.05, 0) is 44.0 Å². The Bertz CT molecular complexity index is 462. The lowest BCUT2D eigenvalue weighted by Gasteiger charge is -2.34. The van der Waals surface area contributed by atoms with Gasteiger partial charge in [0.05, 0.1) is 0 Å². The Morgan fingerprint density at radius 3 is 2.76 bits per heavy atom. The van der Waals surface area contributed by atoms with Gasteiger partial charge in [-0.15, -0.1) is 0 Å². The summed E-state index contributed by atoms with van der Waals surface area (Å²) in [5, 5.41) is 6.94. The van der Waals surface area contributed by atoms with Crippen molar-refractivity contribution in [3.63, 3.8) is 0 Å². The number of rotatable bonds is 1. The maximum atomic E-state index is 11.0. The summed E-state index contributed by atoms with van der Waals surface area (Å²) in [7, 11) is 0. The fourth-order valence-corrected chi connectivity index (χ4v) is 3.23. The van der Waals surface area contributed by atoms with Crippen LogP contribution in [0.2, 0.25) is 0 Å². The van der Waals surface area contributed by atoms with E-state index in [-0.39, 0.29) is 0 Å². The Hall–Kier alpha value is -1.35. The van der Waals surface area contributed by atoms with Crippen LogP contribution in [-0.4, -0.2) is 25.9 Å². The van der Waals surface area contributed by atoms with Crippen LogP contribution in [-0.2, 0) is 5.41 Å². The zero-order valence-corrected chi connectivity index (χ0v) is 10.2. The van der Waals surface area contributed by atoms with Crippen LogP contribution in [0.1, 0.15) is 34.3 Å². The molecule has 17 heavy (non-hydrogen) atoms. The zero-order valence-electron chi connectivity index (χ0n) is 10.2. The first-order chi connectivity index (χ1) is 8.27. The average Bonchev–Trinajstić information content (AvgIpc) is 2.71. The van der Waals surface area contributed by atoms with Crippen molar-refractivity contribution in [3.05, 3.63) is 28.8 Å². The molecule has 1 fully saturated rings. The van der Waals surface area contributed by atoms with Crippen molar-refractivity contribution in [1.29, 1.82) is 0 Å². The number of benzene rings is 1. The molecule has 2 aliphatic heterocycles. The van der Waals surface area contributed by atoms with E-state index in [1.807, 2.05) is 13.0 Å². The van der Waals surface area contributed by atoms with Gasteiger partial charge < -0.3 is 10.6 Å². The maximum Gasteiger partial charge on any atom is 0.150 e. The molecular weight excluding hydrogens is 212 g/mol. The third-order valence-electron chi connectivity index (χ3n) is 4.37. The lowest BCUT2D eigenvalue weighted by molar-refractivity contribution is 0.112. The summed E-state index contributed by atoms with van der Waals surface area (Å²) < 4.78 is 0. The van der Waals surface area contributed by atoms with Crippen LogP contribution in [0.4, 0.5) is 5.69 Å². The summed E-state index contributed by atoms with van der Waals surface area (Å²) in [4.78, 5) is 11.0. The number of nitrogens with one attached hydrogen (secondary N) is 2. The highest BCUT2D eigenvalue weighted by atomic mass is 16.1. The van der Waals surface area contributed by atoms with Crippen LogP contribution in [0.3, 0.4) is 0 Å². The molecule has 90 valence electrons. The van der Waals surface area contributed by atoms with Crippen molar-refractivity contribution >= 4 is 12.0 Å². The molecule has 0 bridgehead atoms. The van der Waals surface area contributed by atoms with E-state index >= 15 is 0 Å². The van der Waals surface area contributed by atoms with Crippen LogP contribution in [0.5, 0.6) is 0 Å². The third-order valence-corrected chi connectivity index (χ3v) is 4.37. The minimum absolute atomic E-state index is 0.298. The van der Waals surface area contributed by atoms with E-state index in [9.17, 15) is 4.79 Å². The van der Waals surface area contributed by atoms with Gasteiger partial charge >= 0.3 is 0 Å². The number of aldehydes is 1. The molecule has 0 atom stereocenters. The molecule has 2 aliphatic rings. The Kier molecular flexibility index (Phi) is 2.44. The van der Waals surface area contributed by atoms with Crippen LogP contribution < -0.4 is 10.6 Å². The number of hydrogen-bond donors (Lipinski definition) is 2. The van der Waals surface area contributed by atoms with Crippen molar-refractivity contribution in [3.8, 4) is 0 Å². The van der Waals surface area contributed by atoms with Gasteiger partial charge in [0.25, 0.3) is 0 Å². The van der Waals surface area contributed by atoms with Crippen molar-refractivity contribution < 1.29 is 4.79 Å². The normalized spacial score (nSPS) is 21.0. The minimum Gasteiger partial charge on any atom is -0.384 e. The summed E-state index contributed by atoms with van der Waals surface area (Å²) in [5.41, 5.74) is 4.83. The second-order valence-corrected chi connectivity index (χ2v) is 5.20. The van der Waals surface area contributed by atoms with Gasteiger partial charge in [-0.2, -0.15) is 0 Å². The molecule has 1 saturated heterocycles. The summed E-state index contributed by atoms with van der Waals surface area (Å²) >= 11 is 0. The molecule has 3 rings (SSSR count). The molecule has 3 nitrogen and oxygen atoms in total. The highest BCUT2D eigenvalue weighted by Crippen LogP contribution is 2.44. The first-order valence-corrected chi connectivity index (χ1v) is 6.31. The largest absolute Gasteiger partial charge is 0.384 e. The topological polar surface area (TPSA) is 41.1 Å². The van der Waals surface area contributed by atoms with Gasteiger partial charge in [-0.25, -0.2) is 0 Å². The number of hydrogen-bond acceptors (Lipinski definition) is 3. The third kappa shape index (κ3) is 1.49. The highest BCUT2D eigenvalue weighted by molar-refractivity contribution is 5.83. The smallest absolute Gasteiger partial charge is 0.150 e. The van der Waals surface area contributed by atoms with E-state index in [1.54, 1.807) is 0 Å². The number of fused-ring (bicyclic) bond motifs is 2. The van der Waals surface area contributed by atoms with E-state index in [0.717, 1.165) is 37.0 Å². The Morgan fingerprint density at radius 2 is 2.06 bits per heavy atom. The quantitative estimate of drug-likeness (QED) is 0.723. The summed E-state index contributed by atoms with van der Waals surface area (Å²) in [5.74, 6) is 0. The van der Waals surface area contributed by atoms with E-state index in [1.165, 1.54) is 24.1 Å². The molecule has 2 heterocycles. The van der Waals surface area contributed by atoms with E-state index in [4.69, 9.17) is 0 Å². The lowest BCUT2D eigenvalue weighted by atomic mass is 9.74. The molecule has 3 heteroatoms. The monoisotopic (exact) mass is 230 g/mol. The van der Waals surface area contributed by atoms with Gasteiger partial charge in [0.1, 0.15) is 6.29 Å². The van der Waals surface area contributed by atoms with Gasteiger partial charge in [0.15, 0.2) is 0 Å². The number of piperidine rings is 1. The van der Waals surface area contributed by atoms with Gasteiger partial charge in [-0.3, -0.25) is 4.79 Å². The van der Waals surface area contributed by atoms with Crippen LogP contribution in [0, 0.1) is 6.92 Å². The van der Waals surface area contributed by atoms with Gasteiger partial charge in [0, 0.05) is 23.2 Å². The van der Waals surface area contributed by atoms with Gasteiger partial charge in [0.2, 0.25) is 0 Å². The van der Waals surface area contributed by atoms with Crippen molar-refractivity contribution in [2.45, 2.75) is 25.2 Å². The number of anilines is 1. The molecule has 0 unspecified atom stereocenters. The van der Waals surface area contributed by atoms with E-state index in [0.29, 0.717) is 5.41 Å². The first-order valence-electron chi connectivity index (χ1n) is 6.31. The molecule has 0 amide bonds. The SMILES string of the molecule is Cc1c(C=O)ccc2c1NCC21CCNCC1. The molecule has 2 N–H and O–H groups in total. The lowest BCUT2D eigenvalue weighted by Crippen LogP contribution is -2.41.